The van der Waals surface area contributed by atoms with Gasteiger partial charge in [-0.3, -0.25) is 9.59 Å². The summed E-state index contributed by atoms with van der Waals surface area (Å²) in [6, 6.07) is 5.18. The number of benzene rings is 1. The number of carbonyl (C=O) groups is 2. The Morgan fingerprint density at radius 1 is 1.06 bits per heavy atom. The van der Waals surface area contributed by atoms with Gasteiger partial charge in [0.15, 0.2) is 0 Å². The lowest BCUT2D eigenvalue weighted by atomic mass is 10.1. The van der Waals surface area contributed by atoms with Crippen LogP contribution < -0.4 is 10.6 Å². The summed E-state index contributed by atoms with van der Waals surface area (Å²) in [6.07, 6.45) is 0. The van der Waals surface area contributed by atoms with Crippen LogP contribution in [-0.4, -0.2) is 17.4 Å². The molecule has 0 heterocycles. The van der Waals surface area contributed by atoms with Crippen molar-refractivity contribution in [3.63, 3.8) is 0 Å². The molecule has 0 spiro atoms. The molecule has 4 nitrogen and oxygen atoms in total. The molecule has 1 aromatic carbocycles. The second kappa shape index (κ2) is 4.95. The maximum absolute atomic E-state index is 12.6. The van der Waals surface area contributed by atoms with Crippen molar-refractivity contribution in [3.8, 4) is 0 Å². The van der Waals surface area contributed by atoms with Crippen LogP contribution in [0.2, 0.25) is 0 Å². The van der Waals surface area contributed by atoms with Gasteiger partial charge >= 0.3 is 11.8 Å². The van der Waals surface area contributed by atoms with E-state index in [0.717, 1.165) is 0 Å². The lowest BCUT2D eigenvalue weighted by Crippen LogP contribution is -2.46. The summed E-state index contributed by atoms with van der Waals surface area (Å²) in [5.41, 5.74) is -0.0996. The number of carbonyl (C=O) groups excluding carboxylic acids is 2. The number of hydrogen-bond acceptors (Lipinski definition) is 2. The Bertz CT molecular complexity index is 421. The summed E-state index contributed by atoms with van der Waals surface area (Å²) in [6.45, 7) is 5.32. The van der Waals surface area contributed by atoms with Gasteiger partial charge in [0.1, 0.15) is 5.82 Å². The van der Waals surface area contributed by atoms with E-state index in [1.54, 1.807) is 20.8 Å². The first-order chi connectivity index (χ1) is 7.78. The third-order valence-corrected chi connectivity index (χ3v) is 1.80. The highest BCUT2D eigenvalue weighted by atomic mass is 19.1. The first kappa shape index (κ1) is 13.2. The van der Waals surface area contributed by atoms with Crippen LogP contribution in [0.15, 0.2) is 24.3 Å². The average molecular weight is 238 g/mol. The average Bonchev–Trinajstić information content (AvgIpc) is 2.19. The summed E-state index contributed by atoms with van der Waals surface area (Å²) >= 11 is 0. The summed E-state index contributed by atoms with van der Waals surface area (Å²) in [7, 11) is 0. The molecule has 0 aliphatic carbocycles. The number of amides is 2. The molecule has 1 rings (SSSR count). The summed E-state index contributed by atoms with van der Waals surface area (Å²) < 4.78 is 12.6. The van der Waals surface area contributed by atoms with Crippen LogP contribution in [0.3, 0.4) is 0 Å². The van der Waals surface area contributed by atoms with E-state index in [-0.39, 0.29) is 0 Å². The van der Waals surface area contributed by atoms with Crippen molar-refractivity contribution in [1.29, 1.82) is 0 Å². The van der Waals surface area contributed by atoms with Gasteiger partial charge in [-0.25, -0.2) is 4.39 Å². The number of nitrogens with one attached hydrogen (secondary N) is 2. The van der Waals surface area contributed by atoms with Crippen molar-refractivity contribution in [2.75, 3.05) is 5.32 Å². The fourth-order valence-corrected chi connectivity index (χ4v) is 1.12. The Morgan fingerprint density at radius 3 is 2.06 bits per heavy atom. The fourth-order valence-electron chi connectivity index (χ4n) is 1.12. The Morgan fingerprint density at radius 2 is 1.59 bits per heavy atom. The minimum absolute atomic E-state index is 0.375. The van der Waals surface area contributed by atoms with Gasteiger partial charge in [-0.05, 0) is 45.0 Å². The molecule has 0 radical (unpaired) electrons. The van der Waals surface area contributed by atoms with Crippen LogP contribution in [0.4, 0.5) is 10.1 Å². The van der Waals surface area contributed by atoms with Gasteiger partial charge in [-0.15, -0.1) is 0 Å². The predicted octanol–water partition coefficient (Wildman–Crippen LogP) is 1.68. The number of hydrogen-bond donors (Lipinski definition) is 2. The third-order valence-electron chi connectivity index (χ3n) is 1.80. The number of anilines is 1. The predicted molar refractivity (Wildman–Crippen MR) is 62.9 cm³/mol. The standard InChI is InChI=1S/C12H15FN2O2/c1-12(2,3)15-11(17)10(16)14-9-6-4-8(13)5-7-9/h4-7H,1-3H3,(H,14,16)(H,15,17). The van der Waals surface area contributed by atoms with Gasteiger partial charge in [0, 0.05) is 11.2 Å². The SMILES string of the molecule is CC(C)(C)NC(=O)C(=O)Nc1ccc(F)cc1. The van der Waals surface area contributed by atoms with E-state index in [0.29, 0.717) is 5.69 Å². The van der Waals surface area contributed by atoms with Crippen LogP contribution in [0.25, 0.3) is 0 Å². The normalized spacial score (nSPS) is 10.8. The minimum atomic E-state index is -0.772. The number of rotatable bonds is 1. The molecule has 0 bridgehead atoms. The smallest absolute Gasteiger partial charge is 0.313 e. The summed E-state index contributed by atoms with van der Waals surface area (Å²) in [4.78, 5) is 22.9. The highest BCUT2D eigenvalue weighted by molar-refractivity contribution is 6.39. The monoisotopic (exact) mass is 238 g/mol. The molecular weight excluding hydrogens is 223 g/mol. The number of halogens is 1. The van der Waals surface area contributed by atoms with Crippen molar-refractivity contribution in [2.45, 2.75) is 26.3 Å². The van der Waals surface area contributed by atoms with Crippen molar-refractivity contribution in [3.05, 3.63) is 30.1 Å². The van der Waals surface area contributed by atoms with Gasteiger partial charge in [-0.2, -0.15) is 0 Å². The molecule has 0 aliphatic rings. The maximum Gasteiger partial charge on any atom is 0.313 e. The highest BCUT2D eigenvalue weighted by Crippen LogP contribution is 2.08. The zero-order valence-corrected chi connectivity index (χ0v) is 10.0. The topological polar surface area (TPSA) is 58.2 Å². The summed E-state index contributed by atoms with van der Waals surface area (Å²) in [5.74, 6) is -1.89. The molecular formula is C12H15FN2O2. The van der Waals surface area contributed by atoms with E-state index >= 15 is 0 Å². The summed E-state index contributed by atoms with van der Waals surface area (Å²) in [5, 5.41) is 4.90. The van der Waals surface area contributed by atoms with Gasteiger partial charge in [0.2, 0.25) is 0 Å². The van der Waals surface area contributed by atoms with Gasteiger partial charge in [-0.1, -0.05) is 0 Å². The molecule has 2 amide bonds. The molecule has 0 aromatic heterocycles. The highest BCUT2D eigenvalue weighted by Gasteiger charge is 2.20. The lowest BCUT2D eigenvalue weighted by Gasteiger charge is -2.19. The van der Waals surface area contributed by atoms with Crippen molar-refractivity contribution in [2.24, 2.45) is 0 Å². The third kappa shape index (κ3) is 4.63. The Balaban J connectivity index is 2.60. The Hall–Kier alpha value is -1.91. The van der Waals surface area contributed by atoms with Crippen LogP contribution in [-0.2, 0) is 9.59 Å². The Labute approximate surface area is 99.2 Å². The van der Waals surface area contributed by atoms with E-state index in [9.17, 15) is 14.0 Å². The van der Waals surface area contributed by atoms with E-state index in [1.165, 1.54) is 24.3 Å². The van der Waals surface area contributed by atoms with E-state index < -0.39 is 23.2 Å². The first-order valence-corrected chi connectivity index (χ1v) is 5.17. The van der Waals surface area contributed by atoms with Crippen molar-refractivity contribution in [1.82, 2.24) is 5.32 Å². The van der Waals surface area contributed by atoms with E-state index in [4.69, 9.17) is 0 Å². The zero-order valence-electron chi connectivity index (χ0n) is 10.0. The van der Waals surface area contributed by atoms with Gasteiger partial charge < -0.3 is 10.6 Å². The molecule has 92 valence electrons. The van der Waals surface area contributed by atoms with E-state index in [1.807, 2.05) is 0 Å². The van der Waals surface area contributed by atoms with Crippen LogP contribution in [0.1, 0.15) is 20.8 Å². The van der Waals surface area contributed by atoms with Crippen molar-refractivity contribution < 1.29 is 14.0 Å². The molecule has 1 aromatic rings. The molecule has 17 heavy (non-hydrogen) atoms. The second-order valence-electron chi connectivity index (χ2n) is 4.67. The quantitative estimate of drug-likeness (QED) is 0.731. The van der Waals surface area contributed by atoms with Crippen LogP contribution in [0, 0.1) is 5.82 Å². The lowest BCUT2D eigenvalue weighted by molar-refractivity contribution is -0.137. The minimum Gasteiger partial charge on any atom is -0.343 e. The first-order valence-electron chi connectivity index (χ1n) is 5.17. The fraction of sp³-hybridized carbons (Fsp3) is 0.333. The molecule has 0 saturated heterocycles. The largest absolute Gasteiger partial charge is 0.343 e. The van der Waals surface area contributed by atoms with Crippen LogP contribution in [0.5, 0.6) is 0 Å². The Kier molecular flexibility index (Phi) is 3.83. The van der Waals surface area contributed by atoms with Gasteiger partial charge in [0.05, 0.1) is 0 Å². The van der Waals surface area contributed by atoms with Crippen LogP contribution >= 0.6 is 0 Å². The molecule has 0 fully saturated rings. The molecule has 0 saturated carbocycles. The molecule has 0 atom stereocenters. The molecule has 5 heteroatoms. The maximum atomic E-state index is 12.6. The second-order valence-corrected chi connectivity index (χ2v) is 4.67. The molecule has 0 aliphatic heterocycles. The zero-order chi connectivity index (χ0) is 13.1. The van der Waals surface area contributed by atoms with Crippen molar-refractivity contribution >= 4 is 17.5 Å². The van der Waals surface area contributed by atoms with E-state index in [2.05, 4.69) is 10.6 Å². The molecule has 2 N–H and O–H groups in total. The van der Waals surface area contributed by atoms with Gasteiger partial charge in [0.25, 0.3) is 0 Å². The molecule has 0 unspecified atom stereocenters.